The summed E-state index contributed by atoms with van der Waals surface area (Å²) in [6.07, 6.45) is 2.70. The highest BCUT2D eigenvalue weighted by Gasteiger charge is 2.23. The fourth-order valence-corrected chi connectivity index (χ4v) is 2.98. The molecule has 1 aliphatic heterocycles. The summed E-state index contributed by atoms with van der Waals surface area (Å²) in [6, 6.07) is 11.8. The summed E-state index contributed by atoms with van der Waals surface area (Å²) in [4.78, 5) is 2.46. The van der Waals surface area contributed by atoms with Crippen molar-refractivity contribution >= 4 is 0 Å². The van der Waals surface area contributed by atoms with Gasteiger partial charge in [0, 0.05) is 18.6 Å². The lowest BCUT2D eigenvalue weighted by molar-refractivity contribution is 0.174. The van der Waals surface area contributed by atoms with Crippen LogP contribution in [0.15, 0.2) is 30.3 Å². The van der Waals surface area contributed by atoms with Crippen LogP contribution in [0, 0.1) is 5.92 Å². The number of nitrogens with zero attached hydrogens (tertiary/aromatic N) is 1. The lowest BCUT2D eigenvalue weighted by Crippen LogP contribution is -2.43. The first-order valence-electron chi connectivity index (χ1n) is 7.16. The second-order valence-electron chi connectivity index (χ2n) is 5.75. The molecule has 0 amide bonds. The number of likely N-dealkylation sites (tertiary alicyclic amines) is 1. The molecule has 1 heterocycles. The highest BCUT2D eigenvalue weighted by molar-refractivity contribution is 5.18. The van der Waals surface area contributed by atoms with E-state index in [1.54, 1.807) is 0 Å². The first-order chi connectivity index (χ1) is 8.66. The average molecular weight is 246 g/mol. The zero-order valence-corrected chi connectivity index (χ0v) is 11.9. The van der Waals surface area contributed by atoms with Crippen molar-refractivity contribution in [1.29, 1.82) is 0 Å². The van der Waals surface area contributed by atoms with Gasteiger partial charge < -0.3 is 10.2 Å². The molecule has 0 radical (unpaired) electrons. The van der Waals surface area contributed by atoms with E-state index < -0.39 is 0 Å². The smallest absolute Gasteiger partial charge is 0.0294 e. The molecule has 2 heteroatoms. The first kappa shape index (κ1) is 13.6. The summed E-state index contributed by atoms with van der Waals surface area (Å²) in [7, 11) is 2.24. The molecule has 1 saturated heterocycles. The van der Waals surface area contributed by atoms with Gasteiger partial charge in [0.2, 0.25) is 0 Å². The molecule has 0 spiro atoms. The number of piperidine rings is 1. The highest BCUT2D eigenvalue weighted by Crippen LogP contribution is 2.21. The van der Waals surface area contributed by atoms with Gasteiger partial charge in [-0.05, 0) is 51.8 Å². The number of hydrogen-bond donors (Lipinski definition) is 1. The lowest BCUT2D eigenvalue weighted by atomic mass is 9.91. The Bertz CT molecular complexity index is 349. The van der Waals surface area contributed by atoms with E-state index in [2.05, 4.69) is 61.4 Å². The maximum Gasteiger partial charge on any atom is 0.0294 e. The van der Waals surface area contributed by atoms with Crippen LogP contribution in [-0.4, -0.2) is 31.1 Å². The molecule has 0 bridgehead atoms. The van der Waals surface area contributed by atoms with E-state index in [1.165, 1.54) is 31.5 Å². The Hall–Kier alpha value is -0.860. The van der Waals surface area contributed by atoms with E-state index in [0.29, 0.717) is 12.1 Å². The van der Waals surface area contributed by atoms with Crippen LogP contribution in [0.2, 0.25) is 0 Å². The minimum absolute atomic E-state index is 0.438. The molecule has 1 N–H and O–H groups in total. The van der Waals surface area contributed by atoms with Gasteiger partial charge in [0.25, 0.3) is 0 Å². The van der Waals surface area contributed by atoms with Gasteiger partial charge in [-0.25, -0.2) is 0 Å². The number of nitrogens with one attached hydrogen (secondary N) is 1. The summed E-state index contributed by atoms with van der Waals surface area (Å²) in [5.41, 5.74) is 1.38. The van der Waals surface area contributed by atoms with Gasteiger partial charge in [-0.15, -0.1) is 0 Å². The third-order valence-corrected chi connectivity index (χ3v) is 4.18. The van der Waals surface area contributed by atoms with Gasteiger partial charge in [0.05, 0.1) is 0 Å². The first-order valence-corrected chi connectivity index (χ1v) is 7.16. The molecule has 18 heavy (non-hydrogen) atoms. The van der Waals surface area contributed by atoms with Gasteiger partial charge >= 0.3 is 0 Å². The quantitative estimate of drug-likeness (QED) is 0.878. The largest absolute Gasteiger partial charge is 0.307 e. The molecule has 1 aromatic rings. The molecule has 0 aromatic heterocycles. The van der Waals surface area contributed by atoms with Crippen LogP contribution in [0.25, 0.3) is 0 Å². The standard InChI is InChI=1S/C16H26N2/c1-13(15-8-5-4-6-9-15)17-14(2)16-10-7-11-18(3)12-16/h4-6,8-9,13-14,16-17H,7,10-12H2,1-3H3/t13-,14?,16?/m0/s1. The lowest BCUT2D eigenvalue weighted by Gasteiger charge is -2.35. The molecule has 1 aliphatic rings. The van der Waals surface area contributed by atoms with Crippen LogP contribution in [-0.2, 0) is 0 Å². The fourth-order valence-electron chi connectivity index (χ4n) is 2.98. The summed E-state index contributed by atoms with van der Waals surface area (Å²) < 4.78 is 0. The number of benzene rings is 1. The topological polar surface area (TPSA) is 15.3 Å². The molecule has 0 aliphatic carbocycles. The Morgan fingerprint density at radius 1 is 1.22 bits per heavy atom. The van der Waals surface area contributed by atoms with E-state index in [0.717, 1.165) is 5.92 Å². The Kier molecular flexibility index (Phi) is 4.79. The SMILES string of the molecule is CC(N[C@@H](C)c1ccccc1)C1CCCN(C)C1. The monoisotopic (exact) mass is 246 g/mol. The van der Waals surface area contributed by atoms with Crippen molar-refractivity contribution in [3.05, 3.63) is 35.9 Å². The predicted molar refractivity (Wildman–Crippen MR) is 77.7 cm³/mol. The molecule has 2 unspecified atom stereocenters. The van der Waals surface area contributed by atoms with E-state index in [-0.39, 0.29) is 0 Å². The average Bonchev–Trinajstić information content (AvgIpc) is 2.39. The van der Waals surface area contributed by atoms with Crippen molar-refractivity contribution in [1.82, 2.24) is 10.2 Å². The Morgan fingerprint density at radius 2 is 1.94 bits per heavy atom. The molecule has 2 nitrogen and oxygen atoms in total. The van der Waals surface area contributed by atoms with Gasteiger partial charge in [0.1, 0.15) is 0 Å². The second-order valence-corrected chi connectivity index (χ2v) is 5.75. The van der Waals surface area contributed by atoms with Crippen LogP contribution in [0.1, 0.15) is 38.3 Å². The van der Waals surface area contributed by atoms with Crippen LogP contribution in [0.5, 0.6) is 0 Å². The zero-order valence-electron chi connectivity index (χ0n) is 11.9. The normalized spacial score (nSPS) is 24.7. The summed E-state index contributed by atoms with van der Waals surface area (Å²) in [5, 5.41) is 3.76. The zero-order chi connectivity index (χ0) is 13.0. The van der Waals surface area contributed by atoms with Crippen molar-refractivity contribution < 1.29 is 0 Å². The predicted octanol–water partition coefficient (Wildman–Crippen LogP) is 3.07. The molecule has 2 rings (SSSR count). The third-order valence-electron chi connectivity index (χ3n) is 4.18. The summed E-state index contributed by atoms with van der Waals surface area (Å²) >= 11 is 0. The molecular formula is C16H26N2. The third kappa shape index (κ3) is 3.56. The Morgan fingerprint density at radius 3 is 2.61 bits per heavy atom. The highest BCUT2D eigenvalue weighted by atomic mass is 15.1. The summed E-state index contributed by atoms with van der Waals surface area (Å²) in [5.74, 6) is 0.787. The van der Waals surface area contributed by atoms with Gasteiger partial charge in [-0.1, -0.05) is 30.3 Å². The van der Waals surface area contributed by atoms with Crippen molar-refractivity contribution in [2.24, 2.45) is 5.92 Å². The van der Waals surface area contributed by atoms with Crippen molar-refractivity contribution in [3.8, 4) is 0 Å². The Balaban J connectivity index is 1.88. The molecular weight excluding hydrogens is 220 g/mol. The Labute approximate surface area is 111 Å². The molecule has 1 aromatic carbocycles. The molecule has 100 valence electrons. The van der Waals surface area contributed by atoms with Crippen LogP contribution < -0.4 is 5.32 Å². The maximum atomic E-state index is 3.76. The van der Waals surface area contributed by atoms with E-state index >= 15 is 0 Å². The van der Waals surface area contributed by atoms with Crippen molar-refractivity contribution in [3.63, 3.8) is 0 Å². The summed E-state index contributed by atoms with van der Waals surface area (Å²) in [6.45, 7) is 7.09. The maximum absolute atomic E-state index is 3.76. The van der Waals surface area contributed by atoms with Crippen LogP contribution >= 0.6 is 0 Å². The minimum atomic E-state index is 0.438. The second kappa shape index (κ2) is 6.35. The fraction of sp³-hybridized carbons (Fsp3) is 0.625. The van der Waals surface area contributed by atoms with Crippen molar-refractivity contribution in [2.45, 2.75) is 38.8 Å². The van der Waals surface area contributed by atoms with E-state index in [9.17, 15) is 0 Å². The minimum Gasteiger partial charge on any atom is -0.307 e. The molecule has 0 saturated carbocycles. The van der Waals surface area contributed by atoms with Gasteiger partial charge in [0.15, 0.2) is 0 Å². The van der Waals surface area contributed by atoms with E-state index in [1.807, 2.05) is 0 Å². The van der Waals surface area contributed by atoms with E-state index in [4.69, 9.17) is 0 Å². The van der Waals surface area contributed by atoms with Crippen LogP contribution in [0.3, 0.4) is 0 Å². The van der Waals surface area contributed by atoms with Crippen molar-refractivity contribution in [2.75, 3.05) is 20.1 Å². The number of hydrogen-bond acceptors (Lipinski definition) is 2. The van der Waals surface area contributed by atoms with Crippen LogP contribution in [0.4, 0.5) is 0 Å². The number of rotatable bonds is 4. The molecule has 3 atom stereocenters. The van der Waals surface area contributed by atoms with Gasteiger partial charge in [-0.2, -0.15) is 0 Å². The van der Waals surface area contributed by atoms with Gasteiger partial charge in [-0.3, -0.25) is 0 Å². The molecule has 1 fully saturated rings.